The van der Waals surface area contributed by atoms with Crippen LogP contribution < -0.4 is 14.4 Å². The fourth-order valence-electron chi connectivity index (χ4n) is 2.58. The Hall–Kier alpha value is -2.54. The van der Waals surface area contributed by atoms with Gasteiger partial charge in [0.2, 0.25) is 15.9 Å². The van der Waals surface area contributed by atoms with E-state index in [9.17, 15) is 13.2 Å². The normalized spacial score (nSPS) is 12.3. The van der Waals surface area contributed by atoms with E-state index >= 15 is 0 Å². The maximum absolute atomic E-state index is 12.7. The molecule has 26 heavy (non-hydrogen) atoms. The number of nitrogens with zero attached hydrogens (tertiary/aromatic N) is 1. The van der Waals surface area contributed by atoms with Gasteiger partial charge in [-0.25, -0.2) is 8.42 Å². The van der Waals surface area contributed by atoms with Crippen LogP contribution in [0.4, 0.5) is 11.4 Å². The highest BCUT2D eigenvalue weighted by molar-refractivity contribution is 7.92. The molecule has 0 aliphatic carbocycles. The monoisotopic (exact) mass is 376 g/mol. The molecule has 0 aliphatic heterocycles. The third-order valence-corrected chi connectivity index (χ3v) is 5.03. The first kappa shape index (κ1) is 19.8. The fraction of sp³-hybridized carbons (Fsp3) is 0.316. The number of rotatable bonds is 7. The van der Waals surface area contributed by atoms with Gasteiger partial charge in [-0.1, -0.05) is 23.8 Å². The van der Waals surface area contributed by atoms with Crippen molar-refractivity contribution in [3.63, 3.8) is 0 Å². The van der Waals surface area contributed by atoms with Crippen LogP contribution in [0.3, 0.4) is 0 Å². The van der Waals surface area contributed by atoms with Gasteiger partial charge in [-0.15, -0.1) is 0 Å². The lowest BCUT2D eigenvalue weighted by Crippen LogP contribution is -2.45. The molecule has 0 aliphatic rings. The molecule has 6 nitrogen and oxygen atoms in total. The van der Waals surface area contributed by atoms with Crippen molar-refractivity contribution >= 4 is 27.3 Å². The summed E-state index contributed by atoms with van der Waals surface area (Å²) in [6.07, 6.45) is 1.09. The molecule has 0 fully saturated rings. The van der Waals surface area contributed by atoms with Crippen LogP contribution in [-0.4, -0.2) is 33.2 Å². The van der Waals surface area contributed by atoms with E-state index in [0.717, 1.165) is 16.1 Å². The molecule has 2 aromatic rings. The largest absolute Gasteiger partial charge is 0.494 e. The lowest BCUT2D eigenvalue weighted by Gasteiger charge is -2.28. The number of anilines is 2. The second kappa shape index (κ2) is 8.23. The van der Waals surface area contributed by atoms with Crippen LogP contribution in [0.1, 0.15) is 19.4 Å². The maximum Gasteiger partial charge on any atom is 0.247 e. The van der Waals surface area contributed by atoms with Crippen LogP contribution >= 0.6 is 0 Å². The molecule has 0 unspecified atom stereocenters. The Morgan fingerprint density at radius 2 is 1.85 bits per heavy atom. The van der Waals surface area contributed by atoms with Crippen LogP contribution in [0.5, 0.6) is 5.75 Å². The van der Waals surface area contributed by atoms with Crippen LogP contribution in [0.25, 0.3) is 0 Å². The molecule has 2 aromatic carbocycles. The van der Waals surface area contributed by atoms with E-state index < -0.39 is 22.0 Å². The summed E-state index contributed by atoms with van der Waals surface area (Å²) in [4.78, 5) is 12.7. The Kier molecular flexibility index (Phi) is 6.26. The molecule has 1 amide bonds. The highest BCUT2D eigenvalue weighted by Crippen LogP contribution is 2.23. The summed E-state index contributed by atoms with van der Waals surface area (Å²) < 4.78 is 31.1. The van der Waals surface area contributed by atoms with E-state index in [1.807, 2.05) is 26.0 Å². The number of sulfonamides is 1. The molecule has 140 valence electrons. The second-order valence-electron chi connectivity index (χ2n) is 6.02. The molecule has 7 heteroatoms. The Bertz CT molecular complexity index is 863. The minimum atomic E-state index is -3.64. The molecule has 2 rings (SSSR count). The molecule has 0 radical (unpaired) electrons. The van der Waals surface area contributed by atoms with Crippen molar-refractivity contribution in [3.8, 4) is 5.75 Å². The average molecular weight is 376 g/mol. The van der Waals surface area contributed by atoms with Crippen LogP contribution in [0, 0.1) is 6.92 Å². The molecule has 0 aromatic heterocycles. The third-order valence-electron chi connectivity index (χ3n) is 3.79. The first-order valence-electron chi connectivity index (χ1n) is 8.32. The fourth-order valence-corrected chi connectivity index (χ4v) is 3.75. The highest BCUT2D eigenvalue weighted by atomic mass is 32.2. The first-order chi connectivity index (χ1) is 12.2. The highest BCUT2D eigenvalue weighted by Gasteiger charge is 2.29. The number of hydrogen-bond acceptors (Lipinski definition) is 4. The molecule has 0 bridgehead atoms. The summed E-state index contributed by atoms with van der Waals surface area (Å²) in [7, 11) is -3.64. The minimum absolute atomic E-state index is 0.426. The predicted molar refractivity (Wildman–Crippen MR) is 104 cm³/mol. The molecule has 0 heterocycles. The number of nitrogens with one attached hydrogen (secondary N) is 1. The van der Waals surface area contributed by atoms with Gasteiger partial charge in [0.1, 0.15) is 11.8 Å². The molecule has 1 atom stereocenters. The Labute approximate surface area is 154 Å². The summed E-state index contributed by atoms with van der Waals surface area (Å²) in [5, 5.41) is 2.75. The van der Waals surface area contributed by atoms with E-state index in [1.165, 1.54) is 0 Å². The number of carbonyl (C=O) groups excluding carboxylic acids is 1. The predicted octanol–water partition coefficient (Wildman–Crippen LogP) is 3.19. The minimum Gasteiger partial charge on any atom is -0.494 e. The van der Waals surface area contributed by atoms with Crippen molar-refractivity contribution in [1.82, 2.24) is 0 Å². The summed E-state index contributed by atoms with van der Waals surface area (Å²) in [6, 6.07) is 13.1. The summed E-state index contributed by atoms with van der Waals surface area (Å²) >= 11 is 0. The summed E-state index contributed by atoms with van der Waals surface area (Å²) in [5.41, 5.74) is 2.00. The number of hydrogen-bond donors (Lipinski definition) is 1. The van der Waals surface area contributed by atoms with Gasteiger partial charge in [0.05, 0.1) is 18.6 Å². The maximum atomic E-state index is 12.7. The molecule has 0 saturated carbocycles. The number of benzene rings is 2. The van der Waals surface area contributed by atoms with Gasteiger partial charge in [-0.05, 0) is 45.0 Å². The zero-order chi connectivity index (χ0) is 19.3. The van der Waals surface area contributed by atoms with E-state index in [2.05, 4.69) is 5.32 Å². The smallest absolute Gasteiger partial charge is 0.247 e. The first-order valence-corrected chi connectivity index (χ1v) is 10.2. The number of ether oxygens (including phenoxy) is 1. The lowest BCUT2D eigenvalue weighted by molar-refractivity contribution is -0.116. The Morgan fingerprint density at radius 3 is 2.42 bits per heavy atom. The number of aryl methyl sites for hydroxylation is 1. The van der Waals surface area contributed by atoms with Crippen LogP contribution in [0.2, 0.25) is 0 Å². The summed E-state index contributed by atoms with van der Waals surface area (Å²) in [5.74, 6) is 0.209. The number of carbonyl (C=O) groups is 1. The van der Waals surface area contributed by atoms with Gasteiger partial charge in [-0.3, -0.25) is 9.10 Å². The van der Waals surface area contributed by atoms with Crippen LogP contribution in [0.15, 0.2) is 48.5 Å². The second-order valence-corrected chi connectivity index (χ2v) is 7.88. The number of amides is 1. The molecular weight excluding hydrogens is 352 g/mol. The molecule has 1 N–H and O–H groups in total. The van der Waals surface area contributed by atoms with Gasteiger partial charge >= 0.3 is 0 Å². The van der Waals surface area contributed by atoms with E-state index in [4.69, 9.17) is 4.74 Å². The quantitative estimate of drug-likeness (QED) is 0.805. The zero-order valence-electron chi connectivity index (χ0n) is 15.4. The van der Waals surface area contributed by atoms with Crippen molar-refractivity contribution < 1.29 is 17.9 Å². The third kappa shape index (κ3) is 4.98. The molecule has 0 spiro atoms. The Balaban J connectivity index is 2.25. The van der Waals surface area contributed by atoms with Gasteiger partial charge < -0.3 is 10.1 Å². The molecule has 0 saturated heterocycles. The van der Waals surface area contributed by atoms with Gasteiger partial charge in [-0.2, -0.15) is 0 Å². The van der Waals surface area contributed by atoms with Crippen molar-refractivity contribution in [2.45, 2.75) is 26.8 Å². The van der Waals surface area contributed by atoms with E-state index in [0.29, 0.717) is 23.7 Å². The van der Waals surface area contributed by atoms with Crippen molar-refractivity contribution in [1.29, 1.82) is 0 Å². The lowest BCUT2D eigenvalue weighted by atomic mass is 10.2. The molecular formula is C19H24N2O4S. The van der Waals surface area contributed by atoms with E-state index in [1.54, 1.807) is 43.3 Å². The van der Waals surface area contributed by atoms with Crippen molar-refractivity contribution in [2.24, 2.45) is 0 Å². The van der Waals surface area contributed by atoms with Gasteiger partial charge in [0.25, 0.3) is 0 Å². The van der Waals surface area contributed by atoms with Crippen molar-refractivity contribution in [2.75, 3.05) is 22.5 Å². The topological polar surface area (TPSA) is 75.7 Å². The Morgan fingerprint density at radius 1 is 1.19 bits per heavy atom. The zero-order valence-corrected chi connectivity index (χ0v) is 16.2. The van der Waals surface area contributed by atoms with Gasteiger partial charge in [0.15, 0.2) is 0 Å². The average Bonchev–Trinajstić information content (AvgIpc) is 2.56. The van der Waals surface area contributed by atoms with Gasteiger partial charge in [0, 0.05) is 11.8 Å². The summed E-state index contributed by atoms with van der Waals surface area (Å²) in [6.45, 7) is 5.86. The van der Waals surface area contributed by atoms with Crippen molar-refractivity contribution in [3.05, 3.63) is 54.1 Å². The van der Waals surface area contributed by atoms with Crippen LogP contribution in [-0.2, 0) is 14.8 Å². The SMILES string of the molecule is CCOc1cccc(NC(=O)[C@@H](C)N(c2ccc(C)cc2)S(C)(=O)=O)c1. The standard InChI is InChI=1S/C19H24N2O4S/c1-5-25-18-8-6-7-16(13-18)20-19(22)15(3)21(26(4,23)24)17-11-9-14(2)10-12-17/h6-13,15H,5H2,1-4H3,(H,20,22)/t15-/m1/s1. The van der Waals surface area contributed by atoms with E-state index in [-0.39, 0.29) is 0 Å².